The number of nitrogens with zero attached hydrogens (tertiary/aromatic N) is 2. The summed E-state index contributed by atoms with van der Waals surface area (Å²) in [5.74, 6) is -1.97. The van der Waals surface area contributed by atoms with Gasteiger partial charge >= 0.3 is 0 Å². The van der Waals surface area contributed by atoms with E-state index in [1.54, 1.807) is 18.3 Å². The van der Waals surface area contributed by atoms with Crippen LogP contribution in [-0.4, -0.2) is 34.8 Å². The van der Waals surface area contributed by atoms with E-state index in [9.17, 15) is 13.6 Å². The summed E-state index contributed by atoms with van der Waals surface area (Å²) in [5, 5.41) is 0.999. The molecule has 2 aromatic carbocycles. The van der Waals surface area contributed by atoms with Crippen molar-refractivity contribution in [2.24, 2.45) is 0 Å². The number of aryl methyl sites for hydroxylation is 1. The number of pyridine rings is 1. The van der Waals surface area contributed by atoms with Crippen molar-refractivity contribution in [3.05, 3.63) is 78.2 Å². The number of hydrogen-bond donors (Lipinski definition) is 0. The van der Waals surface area contributed by atoms with Crippen LogP contribution in [-0.2, 0) is 6.42 Å². The molecule has 0 radical (unpaired) electrons. The highest BCUT2D eigenvalue weighted by atomic mass is 19.3. The lowest BCUT2D eigenvalue weighted by molar-refractivity contribution is -0.0494. The van der Waals surface area contributed by atoms with Crippen LogP contribution in [0.25, 0.3) is 33.4 Å². The molecule has 2 aromatic heterocycles. The molecule has 1 fully saturated rings. The van der Waals surface area contributed by atoms with Gasteiger partial charge in [0.2, 0.25) is 0 Å². The van der Waals surface area contributed by atoms with Crippen molar-refractivity contribution in [2.75, 3.05) is 13.1 Å². The maximum Gasteiger partial charge on any atom is 0.253 e. The van der Waals surface area contributed by atoms with E-state index in [0.29, 0.717) is 5.56 Å². The quantitative estimate of drug-likeness (QED) is 0.355. The zero-order valence-electron chi connectivity index (χ0n) is 18.4. The van der Waals surface area contributed by atoms with Crippen LogP contribution in [0.3, 0.4) is 0 Å². The fraction of sp³-hybridized carbons (Fsp3) is 0.259. The first-order chi connectivity index (χ1) is 15.9. The van der Waals surface area contributed by atoms with E-state index in [2.05, 4.69) is 30.1 Å². The SMILES string of the molecule is CCc1cc2cc(-c3ccc(C(=O)N4CCC(F)(F)CC4)cc3)cc(-c3ccccn3)c2o1. The van der Waals surface area contributed by atoms with Gasteiger partial charge in [-0.3, -0.25) is 9.78 Å². The smallest absolute Gasteiger partial charge is 0.253 e. The summed E-state index contributed by atoms with van der Waals surface area (Å²) >= 11 is 0. The van der Waals surface area contributed by atoms with Crippen LogP contribution in [0.1, 0.15) is 35.9 Å². The highest BCUT2D eigenvalue weighted by Crippen LogP contribution is 2.35. The molecule has 1 saturated heterocycles. The van der Waals surface area contributed by atoms with Crippen LogP contribution in [0.4, 0.5) is 8.78 Å². The zero-order chi connectivity index (χ0) is 23.0. The molecular formula is C27H24F2N2O2. The van der Waals surface area contributed by atoms with Gasteiger partial charge in [0.25, 0.3) is 11.8 Å². The Morgan fingerprint density at radius 3 is 2.45 bits per heavy atom. The Morgan fingerprint density at radius 2 is 1.79 bits per heavy atom. The third-order valence-corrected chi connectivity index (χ3v) is 6.20. The number of benzene rings is 2. The topological polar surface area (TPSA) is 46.3 Å². The lowest BCUT2D eigenvalue weighted by atomic mass is 9.97. The van der Waals surface area contributed by atoms with Gasteiger partial charge in [0.1, 0.15) is 11.3 Å². The van der Waals surface area contributed by atoms with Crippen LogP contribution in [0, 0.1) is 0 Å². The molecule has 0 N–H and O–H groups in total. The Kier molecular flexibility index (Phi) is 5.44. The molecule has 5 rings (SSSR count). The van der Waals surface area contributed by atoms with E-state index in [1.165, 1.54) is 4.90 Å². The van der Waals surface area contributed by atoms with Gasteiger partial charge in [0.15, 0.2) is 0 Å². The third kappa shape index (κ3) is 4.25. The largest absolute Gasteiger partial charge is 0.460 e. The summed E-state index contributed by atoms with van der Waals surface area (Å²) in [6.07, 6.45) is 1.99. The molecule has 4 aromatic rings. The number of halogens is 2. The number of rotatable bonds is 4. The van der Waals surface area contributed by atoms with Gasteiger partial charge in [-0.25, -0.2) is 8.78 Å². The van der Waals surface area contributed by atoms with Crippen LogP contribution < -0.4 is 0 Å². The Balaban J connectivity index is 1.47. The number of amides is 1. The molecule has 3 heterocycles. The highest BCUT2D eigenvalue weighted by molar-refractivity contribution is 5.97. The molecule has 1 aliphatic rings. The maximum atomic E-state index is 13.4. The van der Waals surface area contributed by atoms with Crippen molar-refractivity contribution in [3.8, 4) is 22.4 Å². The first-order valence-corrected chi connectivity index (χ1v) is 11.2. The Labute approximate surface area is 190 Å². The molecule has 0 saturated carbocycles. The van der Waals surface area contributed by atoms with Crippen LogP contribution in [0.15, 0.2) is 71.3 Å². The number of piperidine rings is 1. The average molecular weight is 446 g/mol. The lowest BCUT2D eigenvalue weighted by Crippen LogP contribution is -2.42. The van der Waals surface area contributed by atoms with Gasteiger partial charge in [0, 0.05) is 55.1 Å². The molecule has 4 nitrogen and oxygen atoms in total. The Morgan fingerprint density at radius 1 is 1.03 bits per heavy atom. The normalized spacial score (nSPS) is 15.7. The number of carbonyl (C=O) groups excluding carboxylic acids is 1. The Bertz CT molecular complexity index is 1290. The van der Waals surface area contributed by atoms with Crippen LogP contribution in [0.5, 0.6) is 0 Å². The average Bonchev–Trinajstić information content (AvgIpc) is 3.27. The van der Waals surface area contributed by atoms with E-state index in [0.717, 1.165) is 45.5 Å². The van der Waals surface area contributed by atoms with Crippen molar-refractivity contribution in [1.82, 2.24) is 9.88 Å². The fourth-order valence-corrected chi connectivity index (χ4v) is 4.28. The van der Waals surface area contributed by atoms with E-state index < -0.39 is 5.92 Å². The van der Waals surface area contributed by atoms with Gasteiger partial charge in [-0.15, -0.1) is 0 Å². The number of carbonyl (C=O) groups is 1. The summed E-state index contributed by atoms with van der Waals surface area (Å²) in [6, 6.07) is 19.3. The van der Waals surface area contributed by atoms with Crippen molar-refractivity contribution < 1.29 is 18.0 Å². The van der Waals surface area contributed by atoms with Gasteiger partial charge in [-0.05, 0) is 53.6 Å². The number of alkyl halides is 2. The highest BCUT2D eigenvalue weighted by Gasteiger charge is 2.35. The number of likely N-dealkylation sites (tertiary alicyclic amines) is 1. The predicted molar refractivity (Wildman–Crippen MR) is 124 cm³/mol. The summed E-state index contributed by atoms with van der Waals surface area (Å²) < 4.78 is 32.9. The molecule has 0 atom stereocenters. The molecule has 0 aliphatic carbocycles. The molecule has 168 valence electrons. The molecule has 1 amide bonds. The monoisotopic (exact) mass is 446 g/mol. The van der Waals surface area contributed by atoms with Gasteiger partial charge in [0.05, 0.1) is 5.69 Å². The third-order valence-electron chi connectivity index (χ3n) is 6.20. The first-order valence-electron chi connectivity index (χ1n) is 11.2. The van der Waals surface area contributed by atoms with Crippen molar-refractivity contribution in [2.45, 2.75) is 32.1 Å². The van der Waals surface area contributed by atoms with E-state index in [-0.39, 0.29) is 31.8 Å². The van der Waals surface area contributed by atoms with Crippen LogP contribution in [0.2, 0.25) is 0 Å². The van der Waals surface area contributed by atoms with E-state index in [1.807, 2.05) is 30.3 Å². The zero-order valence-corrected chi connectivity index (χ0v) is 18.4. The molecule has 1 aliphatic heterocycles. The second-order valence-electron chi connectivity index (χ2n) is 8.45. The van der Waals surface area contributed by atoms with Gasteiger partial charge < -0.3 is 9.32 Å². The van der Waals surface area contributed by atoms with E-state index >= 15 is 0 Å². The van der Waals surface area contributed by atoms with Crippen LogP contribution >= 0.6 is 0 Å². The minimum atomic E-state index is -2.67. The molecule has 6 heteroatoms. The van der Waals surface area contributed by atoms with Crippen molar-refractivity contribution in [3.63, 3.8) is 0 Å². The summed E-state index contributed by atoms with van der Waals surface area (Å²) in [7, 11) is 0. The molecule has 0 unspecified atom stereocenters. The second-order valence-corrected chi connectivity index (χ2v) is 8.45. The molecule has 0 spiro atoms. The number of furan rings is 1. The van der Waals surface area contributed by atoms with Gasteiger partial charge in [-0.1, -0.05) is 25.1 Å². The predicted octanol–water partition coefficient (Wildman–Crippen LogP) is 6.60. The number of fused-ring (bicyclic) bond motifs is 1. The molecule has 0 bridgehead atoms. The van der Waals surface area contributed by atoms with E-state index in [4.69, 9.17) is 4.42 Å². The summed E-state index contributed by atoms with van der Waals surface area (Å²) in [4.78, 5) is 18.8. The van der Waals surface area contributed by atoms with Crippen molar-refractivity contribution >= 4 is 16.9 Å². The lowest BCUT2D eigenvalue weighted by Gasteiger charge is -2.31. The Hall–Kier alpha value is -3.54. The number of hydrogen-bond acceptors (Lipinski definition) is 3. The van der Waals surface area contributed by atoms with Crippen molar-refractivity contribution in [1.29, 1.82) is 0 Å². The summed E-state index contributed by atoms with van der Waals surface area (Å²) in [5.41, 5.74) is 5.00. The summed E-state index contributed by atoms with van der Waals surface area (Å²) in [6.45, 7) is 2.22. The minimum Gasteiger partial charge on any atom is -0.460 e. The standard InChI is InChI=1S/C27H24F2N2O2/c1-2-22-16-21-15-20(17-23(25(21)33-22)24-5-3-4-12-30-24)18-6-8-19(9-7-18)26(32)31-13-10-27(28,29)11-14-31/h3-9,12,15-17H,2,10-11,13-14H2,1H3. The van der Waals surface area contributed by atoms with Gasteiger partial charge in [-0.2, -0.15) is 0 Å². The minimum absolute atomic E-state index is 0.0813. The number of aromatic nitrogens is 1. The second kappa shape index (κ2) is 8.43. The molecular weight excluding hydrogens is 422 g/mol. The fourth-order valence-electron chi connectivity index (χ4n) is 4.28. The first kappa shape index (κ1) is 21.3. The maximum absolute atomic E-state index is 13.4. The molecule has 33 heavy (non-hydrogen) atoms.